The average Bonchev–Trinajstić information content (AvgIpc) is 3.04. The Morgan fingerprint density at radius 2 is 1.60 bits per heavy atom. The molecule has 0 aliphatic heterocycles. The highest BCUT2D eigenvalue weighted by Gasteiger charge is 2.29. The number of sulfonamides is 1. The lowest BCUT2D eigenvalue weighted by Crippen LogP contribution is -2.39. The van der Waals surface area contributed by atoms with E-state index in [-0.39, 0.29) is 34.9 Å². The van der Waals surface area contributed by atoms with Crippen molar-refractivity contribution in [3.8, 4) is 17.2 Å². The van der Waals surface area contributed by atoms with E-state index in [4.69, 9.17) is 14.2 Å². The Balaban J connectivity index is 1.38. The number of hydrazone groups is 1. The zero-order chi connectivity index (χ0) is 30.7. The van der Waals surface area contributed by atoms with E-state index < -0.39 is 22.5 Å². The largest absolute Gasteiger partial charge is 0.497 e. The molecule has 3 aromatic carbocycles. The lowest BCUT2D eigenvalue weighted by Gasteiger charge is -2.25. The molecule has 0 bridgehead atoms. The lowest BCUT2D eigenvalue weighted by molar-refractivity contribution is -0.124. The molecule has 3 aromatic rings. The average molecular weight is 609 g/mol. The van der Waals surface area contributed by atoms with E-state index in [2.05, 4.69) is 15.8 Å². The SMILES string of the molecule is COc1ccc(N(CC(=O)N/N=C/c2ccc(OCC(=O)NC3CCCCC3)cc2)S(=O)(=O)c2ccccc2)c(OC)c1. The molecule has 4 rings (SSSR count). The van der Waals surface area contributed by atoms with Crippen molar-refractivity contribution in [3.05, 3.63) is 78.4 Å². The summed E-state index contributed by atoms with van der Waals surface area (Å²) in [7, 11) is -1.26. The molecule has 1 saturated carbocycles. The molecule has 1 fully saturated rings. The maximum Gasteiger partial charge on any atom is 0.264 e. The van der Waals surface area contributed by atoms with Gasteiger partial charge in [0.2, 0.25) is 0 Å². The molecule has 11 nitrogen and oxygen atoms in total. The van der Waals surface area contributed by atoms with Gasteiger partial charge < -0.3 is 19.5 Å². The molecule has 1 aliphatic rings. The monoisotopic (exact) mass is 608 g/mol. The van der Waals surface area contributed by atoms with Gasteiger partial charge in [0.05, 0.1) is 31.0 Å². The van der Waals surface area contributed by atoms with Crippen LogP contribution in [0.4, 0.5) is 5.69 Å². The Kier molecular flexibility index (Phi) is 11.0. The second-order valence-corrected chi connectivity index (χ2v) is 11.8. The zero-order valence-electron chi connectivity index (χ0n) is 24.2. The van der Waals surface area contributed by atoms with Crippen molar-refractivity contribution >= 4 is 33.7 Å². The minimum absolute atomic E-state index is 0.0120. The summed E-state index contributed by atoms with van der Waals surface area (Å²) >= 11 is 0. The van der Waals surface area contributed by atoms with Crippen LogP contribution in [0.2, 0.25) is 0 Å². The highest BCUT2D eigenvalue weighted by Crippen LogP contribution is 2.35. The number of carbonyl (C=O) groups excluding carboxylic acids is 2. The summed E-state index contributed by atoms with van der Waals surface area (Å²) < 4.78 is 44.4. The van der Waals surface area contributed by atoms with E-state index in [0.717, 1.165) is 30.0 Å². The van der Waals surface area contributed by atoms with Gasteiger partial charge in [0.25, 0.3) is 21.8 Å². The highest BCUT2D eigenvalue weighted by atomic mass is 32.2. The van der Waals surface area contributed by atoms with E-state index >= 15 is 0 Å². The number of ether oxygens (including phenoxy) is 3. The molecule has 0 radical (unpaired) electrons. The van der Waals surface area contributed by atoms with Crippen LogP contribution in [0.3, 0.4) is 0 Å². The molecule has 2 amide bonds. The van der Waals surface area contributed by atoms with E-state index in [0.29, 0.717) is 17.1 Å². The first-order valence-electron chi connectivity index (χ1n) is 13.9. The van der Waals surface area contributed by atoms with Crippen molar-refractivity contribution in [3.63, 3.8) is 0 Å². The Labute approximate surface area is 251 Å². The van der Waals surface area contributed by atoms with Crippen LogP contribution >= 0.6 is 0 Å². The summed E-state index contributed by atoms with van der Waals surface area (Å²) in [5, 5.41) is 6.99. The first-order chi connectivity index (χ1) is 20.8. The molecule has 228 valence electrons. The minimum Gasteiger partial charge on any atom is -0.497 e. The van der Waals surface area contributed by atoms with Gasteiger partial charge in [-0.2, -0.15) is 5.10 Å². The number of nitrogens with one attached hydrogen (secondary N) is 2. The van der Waals surface area contributed by atoms with E-state index in [9.17, 15) is 18.0 Å². The number of benzene rings is 3. The van der Waals surface area contributed by atoms with Gasteiger partial charge in [-0.3, -0.25) is 13.9 Å². The predicted molar refractivity (Wildman–Crippen MR) is 163 cm³/mol. The van der Waals surface area contributed by atoms with Crippen molar-refractivity contribution in [2.75, 3.05) is 31.7 Å². The first kappa shape index (κ1) is 31.4. The van der Waals surface area contributed by atoms with Crippen LogP contribution in [0, 0.1) is 0 Å². The van der Waals surface area contributed by atoms with Gasteiger partial charge in [-0.1, -0.05) is 37.5 Å². The normalized spacial score (nSPS) is 13.7. The second kappa shape index (κ2) is 15.1. The molecule has 0 atom stereocenters. The van der Waals surface area contributed by atoms with Gasteiger partial charge in [0.1, 0.15) is 23.8 Å². The summed E-state index contributed by atoms with van der Waals surface area (Å²) in [6, 6.07) is 19.5. The van der Waals surface area contributed by atoms with Gasteiger partial charge >= 0.3 is 0 Å². The van der Waals surface area contributed by atoms with Gasteiger partial charge in [0.15, 0.2) is 6.61 Å². The number of rotatable bonds is 13. The van der Waals surface area contributed by atoms with E-state index in [1.54, 1.807) is 48.5 Å². The summed E-state index contributed by atoms with van der Waals surface area (Å²) in [5.41, 5.74) is 3.20. The maximum atomic E-state index is 13.6. The molecule has 0 saturated heterocycles. The van der Waals surface area contributed by atoms with Crippen LogP contribution in [0.1, 0.15) is 37.7 Å². The molecule has 0 heterocycles. The first-order valence-corrected chi connectivity index (χ1v) is 15.4. The van der Waals surface area contributed by atoms with Crippen LogP contribution in [0.15, 0.2) is 82.8 Å². The fourth-order valence-electron chi connectivity index (χ4n) is 4.67. The number of hydrogen-bond acceptors (Lipinski definition) is 8. The Bertz CT molecular complexity index is 1510. The quantitative estimate of drug-likeness (QED) is 0.222. The smallest absolute Gasteiger partial charge is 0.264 e. The third-order valence-corrected chi connectivity index (χ3v) is 8.67. The molecule has 1 aliphatic carbocycles. The number of nitrogens with zero attached hydrogens (tertiary/aromatic N) is 2. The second-order valence-electron chi connectivity index (χ2n) is 9.92. The number of hydrogen-bond donors (Lipinski definition) is 2. The van der Waals surface area contributed by atoms with Crippen molar-refractivity contribution < 1.29 is 32.2 Å². The molecule has 2 N–H and O–H groups in total. The molecule has 12 heteroatoms. The fourth-order valence-corrected chi connectivity index (χ4v) is 6.12. The summed E-state index contributed by atoms with van der Waals surface area (Å²) in [4.78, 5) is 25.1. The topological polar surface area (TPSA) is 136 Å². The third-order valence-electron chi connectivity index (χ3n) is 6.90. The van der Waals surface area contributed by atoms with Crippen molar-refractivity contribution in [2.24, 2.45) is 5.10 Å². The predicted octanol–water partition coefficient (Wildman–Crippen LogP) is 3.88. The van der Waals surface area contributed by atoms with Gasteiger partial charge in [-0.15, -0.1) is 0 Å². The Morgan fingerprint density at radius 1 is 0.907 bits per heavy atom. The van der Waals surface area contributed by atoms with Gasteiger partial charge in [-0.25, -0.2) is 13.8 Å². The summed E-state index contributed by atoms with van der Waals surface area (Å²) in [5.74, 6) is 0.387. The molecule has 43 heavy (non-hydrogen) atoms. The number of carbonyl (C=O) groups is 2. The molecule has 0 spiro atoms. The Hall–Kier alpha value is -4.58. The minimum atomic E-state index is -4.15. The van der Waals surface area contributed by atoms with E-state index in [1.165, 1.54) is 51.1 Å². The van der Waals surface area contributed by atoms with Gasteiger partial charge in [-0.05, 0) is 66.9 Å². The van der Waals surface area contributed by atoms with Crippen LogP contribution < -0.4 is 29.3 Å². The zero-order valence-corrected chi connectivity index (χ0v) is 25.0. The Morgan fingerprint density at radius 3 is 2.28 bits per heavy atom. The third kappa shape index (κ3) is 8.71. The molecule has 0 unspecified atom stereocenters. The van der Waals surface area contributed by atoms with Crippen molar-refractivity contribution in [1.82, 2.24) is 10.7 Å². The van der Waals surface area contributed by atoms with Crippen LogP contribution in [0.5, 0.6) is 17.2 Å². The van der Waals surface area contributed by atoms with Crippen LogP contribution in [0.25, 0.3) is 0 Å². The van der Waals surface area contributed by atoms with Crippen LogP contribution in [-0.2, 0) is 19.6 Å². The fraction of sp³-hybridized carbons (Fsp3) is 0.323. The standard InChI is InChI=1S/C31H36N4O7S/c1-40-26-17-18-28(29(19-26)41-2)35(43(38,39)27-11-7-4-8-12-27)21-30(36)34-32-20-23-13-15-25(16-14-23)42-22-31(37)33-24-9-5-3-6-10-24/h4,7-8,11-20,24H,3,5-6,9-10,21-22H2,1-2H3,(H,33,37)(H,34,36)/b32-20+. The highest BCUT2D eigenvalue weighted by molar-refractivity contribution is 7.92. The van der Waals surface area contributed by atoms with Crippen molar-refractivity contribution in [1.29, 1.82) is 0 Å². The summed E-state index contributed by atoms with van der Waals surface area (Å²) in [6.07, 6.45) is 6.92. The van der Waals surface area contributed by atoms with Crippen molar-refractivity contribution in [2.45, 2.75) is 43.0 Å². The lowest BCUT2D eigenvalue weighted by atomic mass is 9.95. The molecular formula is C31H36N4O7S. The van der Waals surface area contributed by atoms with E-state index in [1.807, 2.05) is 0 Å². The number of anilines is 1. The maximum absolute atomic E-state index is 13.6. The molecular weight excluding hydrogens is 572 g/mol. The molecule has 0 aromatic heterocycles. The number of methoxy groups -OCH3 is 2. The van der Waals surface area contributed by atoms with Crippen LogP contribution in [-0.4, -0.2) is 59.9 Å². The van der Waals surface area contributed by atoms with Gasteiger partial charge in [0, 0.05) is 12.1 Å². The number of amides is 2. The summed E-state index contributed by atoms with van der Waals surface area (Å²) in [6.45, 7) is -0.631.